The number of anilines is 1. The lowest BCUT2D eigenvalue weighted by atomic mass is 10.3. The van der Waals surface area contributed by atoms with Crippen molar-refractivity contribution in [3.63, 3.8) is 0 Å². The van der Waals surface area contributed by atoms with Gasteiger partial charge in [-0.2, -0.15) is 0 Å². The van der Waals surface area contributed by atoms with E-state index < -0.39 is 0 Å². The number of hydrogen-bond acceptors (Lipinski definition) is 6. The van der Waals surface area contributed by atoms with E-state index in [1.807, 2.05) is 4.90 Å². The average molecular weight is 292 g/mol. The third-order valence-electron chi connectivity index (χ3n) is 3.78. The second-order valence-corrected chi connectivity index (χ2v) is 5.20. The summed E-state index contributed by atoms with van der Waals surface area (Å²) in [7, 11) is 1.67. The molecule has 0 atom stereocenters. The zero-order valence-electron chi connectivity index (χ0n) is 12.2. The van der Waals surface area contributed by atoms with E-state index in [1.54, 1.807) is 13.3 Å². The van der Waals surface area contributed by atoms with Gasteiger partial charge in [0, 0.05) is 39.5 Å². The molecule has 2 aliphatic rings. The maximum Gasteiger partial charge on any atom is 0.257 e. The van der Waals surface area contributed by atoms with Gasteiger partial charge in [0.25, 0.3) is 5.91 Å². The lowest BCUT2D eigenvalue weighted by molar-refractivity contribution is 0.0759. The number of morpholine rings is 1. The van der Waals surface area contributed by atoms with Gasteiger partial charge in [0.2, 0.25) is 5.95 Å². The second-order valence-electron chi connectivity index (χ2n) is 5.20. The molecule has 1 aromatic heterocycles. The lowest BCUT2D eigenvalue weighted by Gasteiger charge is -2.26. The zero-order chi connectivity index (χ0) is 14.7. The largest absolute Gasteiger partial charge is 0.385 e. The van der Waals surface area contributed by atoms with E-state index in [2.05, 4.69) is 14.9 Å². The molecule has 0 N–H and O–H groups in total. The van der Waals surface area contributed by atoms with E-state index in [0.717, 1.165) is 25.2 Å². The van der Waals surface area contributed by atoms with Crippen LogP contribution in [0.5, 0.6) is 0 Å². The number of methoxy groups -OCH3 is 1. The Morgan fingerprint density at radius 3 is 2.95 bits per heavy atom. The van der Waals surface area contributed by atoms with Crippen molar-refractivity contribution >= 4 is 11.9 Å². The molecule has 0 aliphatic carbocycles. The first-order valence-electron chi connectivity index (χ1n) is 7.26. The van der Waals surface area contributed by atoms with Crippen molar-refractivity contribution in [1.29, 1.82) is 0 Å². The monoisotopic (exact) mass is 292 g/mol. The number of carbonyl (C=O) groups excluding carboxylic acids is 1. The third-order valence-corrected chi connectivity index (χ3v) is 3.78. The standard InChI is InChI=1S/C14H20N4O3/c1-20-6-2-3-18-10-12-11(13(18)19)9-15-14(16-12)17-4-7-21-8-5-17/h9H,2-8,10H2,1H3. The highest BCUT2D eigenvalue weighted by atomic mass is 16.5. The minimum absolute atomic E-state index is 0.0228. The first-order valence-corrected chi connectivity index (χ1v) is 7.26. The fourth-order valence-corrected chi connectivity index (χ4v) is 2.62. The van der Waals surface area contributed by atoms with Crippen molar-refractivity contribution < 1.29 is 14.3 Å². The van der Waals surface area contributed by atoms with Gasteiger partial charge in [-0.1, -0.05) is 0 Å². The Labute approximate surface area is 123 Å². The van der Waals surface area contributed by atoms with Crippen LogP contribution in [-0.4, -0.2) is 67.3 Å². The number of ether oxygens (including phenoxy) is 2. The molecule has 3 heterocycles. The normalized spacial score (nSPS) is 18.2. The molecule has 1 fully saturated rings. The molecule has 1 aromatic rings. The van der Waals surface area contributed by atoms with Crippen LogP contribution in [0.3, 0.4) is 0 Å². The molecule has 114 valence electrons. The van der Waals surface area contributed by atoms with Crippen LogP contribution < -0.4 is 4.90 Å². The smallest absolute Gasteiger partial charge is 0.257 e. The summed E-state index contributed by atoms with van der Waals surface area (Å²) < 4.78 is 10.4. The summed E-state index contributed by atoms with van der Waals surface area (Å²) in [5, 5.41) is 0. The second kappa shape index (κ2) is 6.36. The Balaban J connectivity index is 1.70. The Bertz CT molecular complexity index is 517. The maximum absolute atomic E-state index is 12.3. The van der Waals surface area contributed by atoms with Gasteiger partial charge < -0.3 is 19.3 Å². The molecule has 0 unspecified atom stereocenters. The summed E-state index contributed by atoms with van der Waals surface area (Å²) in [4.78, 5) is 25.1. The molecule has 2 aliphatic heterocycles. The van der Waals surface area contributed by atoms with Crippen molar-refractivity contribution in [3.05, 3.63) is 17.5 Å². The van der Waals surface area contributed by atoms with E-state index in [-0.39, 0.29) is 5.91 Å². The number of aromatic nitrogens is 2. The number of amides is 1. The SMILES string of the molecule is COCCCN1Cc2nc(N3CCOCC3)ncc2C1=O. The van der Waals surface area contributed by atoms with Crippen LogP contribution in [0.15, 0.2) is 6.20 Å². The van der Waals surface area contributed by atoms with Crippen LogP contribution in [0, 0.1) is 0 Å². The summed E-state index contributed by atoms with van der Waals surface area (Å²) in [6.07, 6.45) is 2.49. The Hall–Kier alpha value is -1.73. The molecule has 0 saturated carbocycles. The summed E-state index contributed by atoms with van der Waals surface area (Å²) >= 11 is 0. The molecule has 21 heavy (non-hydrogen) atoms. The number of rotatable bonds is 5. The zero-order valence-corrected chi connectivity index (χ0v) is 12.2. The Morgan fingerprint density at radius 1 is 1.38 bits per heavy atom. The summed E-state index contributed by atoms with van der Waals surface area (Å²) in [6, 6.07) is 0. The molecule has 1 saturated heterocycles. The summed E-state index contributed by atoms with van der Waals surface area (Å²) in [5.41, 5.74) is 1.46. The van der Waals surface area contributed by atoms with E-state index in [4.69, 9.17) is 9.47 Å². The minimum Gasteiger partial charge on any atom is -0.385 e. The molecule has 7 nitrogen and oxygen atoms in total. The molecule has 7 heteroatoms. The fourth-order valence-electron chi connectivity index (χ4n) is 2.62. The van der Waals surface area contributed by atoms with Crippen molar-refractivity contribution in [2.75, 3.05) is 51.5 Å². The van der Waals surface area contributed by atoms with Gasteiger partial charge in [0.1, 0.15) is 0 Å². The highest BCUT2D eigenvalue weighted by molar-refractivity contribution is 5.97. The Kier molecular flexibility index (Phi) is 4.31. The number of hydrogen-bond donors (Lipinski definition) is 0. The van der Waals surface area contributed by atoms with E-state index in [0.29, 0.717) is 44.4 Å². The molecule has 0 bridgehead atoms. The average Bonchev–Trinajstić information content (AvgIpc) is 2.84. The fraction of sp³-hybridized carbons (Fsp3) is 0.643. The van der Waals surface area contributed by atoms with Crippen LogP contribution >= 0.6 is 0 Å². The molecular formula is C14H20N4O3. The summed E-state index contributed by atoms with van der Waals surface area (Å²) in [5.74, 6) is 0.721. The molecule has 0 aromatic carbocycles. The molecular weight excluding hydrogens is 272 g/mol. The van der Waals surface area contributed by atoms with Gasteiger partial charge in [-0.3, -0.25) is 4.79 Å². The number of fused-ring (bicyclic) bond motifs is 1. The van der Waals surface area contributed by atoms with Crippen LogP contribution in [0.4, 0.5) is 5.95 Å². The van der Waals surface area contributed by atoms with Gasteiger partial charge in [0.05, 0.1) is 31.0 Å². The third kappa shape index (κ3) is 2.98. The first-order chi connectivity index (χ1) is 10.3. The van der Waals surface area contributed by atoms with Gasteiger partial charge in [-0.05, 0) is 6.42 Å². The van der Waals surface area contributed by atoms with Crippen LogP contribution in [0.2, 0.25) is 0 Å². The van der Waals surface area contributed by atoms with Crippen molar-refractivity contribution in [3.8, 4) is 0 Å². The van der Waals surface area contributed by atoms with E-state index in [9.17, 15) is 4.79 Å². The van der Waals surface area contributed by atoms with Gasteiger partial charge >= 0.3 is 0 Å². The van der Waals surface area contributed by atoms with E-state index in [1.165, 1.54) is 0 Å². The minimum atomic E-state index is 0.0228. The molecule has 3 rings (SSSR count). The molecule has 0 spiro atoms. The van der Waals surface area contributed by atoms with E-state index >= 15 is 0 Å². The summed E-state index contributed by atoms with van der Waals surface area (Å²) in [6.45, 7) is 4.90. The number of carbonyl (C=O) groups is 1. The lowest BCUT2D eigenvalue weighted by Crippen LogP contribution is -2.37. The number of nitrogens with zero attached hydrogens (tertiary/aromatic N) is 4. The highest BCUT2D eigenvalue weighted by Crippen LogP contribution is 2.22. The quantitative estimate of drug-likeness (QED) is 0.727. The van der Waals surface area contributed by atoms with Crippen LogP contribution in [0.25, 0.3) is 0 Å². The van der Waals surface area contributed by atoms with Gasteiger partial charge in [0.15, 0.2) is 0 Å². The predicted octanol–water partition coefficient (Wildman–Crippen LogP) is 0.306. The maximum atomic E-state index is 12.3. The molecule has 1 amide bonds. The highest BCUT2D eigenvalue weighted by Gasteiger charge is 2.29. The van der Waals surface area contributed by atoms with Gasteiger partial charge in [-0.25, -0.2) is 9.97 Å². The van der Waals surface area contributed by atoms with Crippen molar-refractivity contribution in [1.82, 2.24) is 14.9 Å². The van der Waals surface area contributed by atoms with Crippen molar-refractivity contribution in [2.45, 2.75) is 13.0 Å². The van der Waals surface area contributed by atoms with Crippen molar-refractivity contribution in [2.24, 2.45) is 0 Å². The van der Waals surface area contributed by atoms with Crippen LogP contribution in [-0.2, 0) is 16.0 Å². The van der Waals surface area contributed by atoms with Crippen LogP contribution in [0.1, 0.15) is 22.5 Å². The van der Waals surface area contributed by atoms with Gasteiger partial charge in [-0.15, -0.1) is 0 Å². The predicted molar refractivity (Wildman–Crippen MR) is 76.3 cm³/mol. The topological polar surface area (TPSA) is 67.8 Å². The Morgan fingerprint density at radius 2 is 2.19 bits per heavy atom. The first kappa shape index (κ1) is 14.2. The molecule has 0 radical (unpaired) electrons.